The number of carbonyl (C=O) groups excluding carboxylic acids is 1. The first-order valence-electron chi connectivity index (χ1n) is 10.3. The first-order chi connectivity index (χ1) is 17.4. The van der Waals surface area contributed by atoms with Crippen LogP contribution in [0.2, 0.25) is 0 Å². The van der Waals surface area contributed by atoms with Crippen molar-refractivity contribution in [1.29, 1.82) is 0 Å². The van der Waals surface area contributed by atoms with Crippen molar-refractivity contribution in [1.82, 2.24) is 24.9 Å². The number of rotatable bonds is 6. The molecule has 13 heteroatoms. The molecule has 3 aromatic heterocycles. The van der Waals surface area contributed by atoms with Crippen LogP contribution >= 0.6 is 0 Å². The zero-order valence-electron chi connectivity index (χ0n) is 18.1. The second-order valence-electron chi connectivity index (χ2n) is 7.39. The molecular formula is C23H14F2N8O3. The van der Waals surface area contributed by atoms with Gasteiger partial charge in [-0.1, -0.05) is 6.07 Å². The molecule has 3 heterocycles. The normalized spacial score (nSPS) is 10.8. The lowest BCUT2D eigenvalue weighted by atomic mass is 10.1. The molecule has 1 amide bonds. The van der Waals surface area contributed by atoms with E-state index < -0.39 is 28.2 Å². The Balaban J connectivity index is 1.49. The summed E-state index contributed by atoms with van der Waals surface area (Å²) in [5.41, 5.74) is 0.410. The number of carbonyl (C=O) groups is 1. The average Bonchev–Trinajstić information content (AvgIpc) is 3.38. The van der Waals surface area contributed by atoms with Crippen LogP contribution in [0.3, 0.4) is 0 Å². The van der Waals surface area contributed by atoms with Crippen LogP contribution < -0.4 is 10.6 Å². The number of benzene rings is 2. The number of fused-ring (bicyclic) bond motifs is 1. The van der Waals surface area contributed by atoms with Gasteiger partial charge in [0.15, 0.2) is 11.5 Å². The van der Waals surface area contributed by atoms with Crippen LogP contribution in [0, 0.1) is 21.7 Å². The van der Waals surface area contributed by atoms with Crippen LogP contribution in [0.25, 0.3) is 22.4 Å². The molecule has 0 saturated heterocycles. The SMILES string of the molecule is O=C(Nc1ccc(F)c(Nc2ncccc2-c2ncnc3[nH]cnc23)c1F)c1cccc([N+](=O)[O-])c1. The molecular weight excluding hydrogens is 474 g/mol. The monoisotopic (exact) mass is 488 g/mol. The van der Waals surface area contributed by atoms with Crippen molar-refractivity contribution in [2.24, 2.45) is 0 Å². The standard InChI is InChI=1S/C23H14F2N8O3/c24-15-6-7-16(31-23(34)12-3-1-4-13(9-12)33(35)36)17(25)19(15)32-21-14(5-2-8-26-21)18-20-22(29-10-27-18)30-11-28-20/h1-11H,(H,26,32)(H,31,34)(H,27,28,29,30). The van der Waals surface area contributed by atoms with Gasteiger partial charge in [-0.2, -0.15) is 0 Å². The maximum Gasteiger partial charge on any atom is 0.270 e. The van der Waals surface area contributed by atoms with Gasteiger partial charge in [0.25, 0.3) is 11.6 Å². The molecule has 178 valence electrons. The predicted molar refractivity (Wildman–Crippen MR) is 126 cm³/mol. The van der Waals surface area contributed by atoms with Crippen LogP contribution in [0.15, 0.2) is 67.4 Å². The molecule has 3 N–H and O–H groups in total. The smallest absolute Gasteiger partial charge is 0.270 e. The zero-order chi connectivity index (χ0) is 25.2. The molecule has 0 aliphatic carbocycles. The van der Waals surface area contributed by atoms with Gasteiger partial charge in [0.2, 0.25) is 0 Å². The molecule has 5 aromatic rings. The summed E-state index contributed by atoms with van der Waals surface area (Å²) in [7, 11) is 0. The Labute approximate surface area is 200 Å². The Bertz CT molecular complexity index is 1640. The highest BCUT2D eigenvalue weighted by atomic mass is 19.1. The Kier molecular flexibility index (Phi) is 5.70. The number of H-pyrrole nitrogens is 1. The van der Waals surface area contributed by atoms with Crippen LogP contribution in [0.5, 0.6) is 0 Å². The molecule has 0 atom stereocenters. The van der Waals surface area contributed by atoms with E-state index >= 15 is 4.39 Å². The van der Waals surface area contributed by atoms with E-state index in [1.165, 1.54) is 37.1 Å². The van der Waals surface area contributed by atoms with E-state index in [2.05, 4.69) is 35.6 Å². The summed E-state index contributed by atoms with van der Waals surface area (Å²) in [6.07, 6.45) is 4.19. The van der Waals surface area contributed by atoms with E-state index in [1.807, 2.05) is 0 Å². The summed E-state index contributed by atoms with van der Waals surface area (Å²) in [4.78, 5) is 42.5. The van der Waals surface area contributed by atoms with Crippen molar-refractivity contribution in [2.75, 3.05) is 10.6 Å². The van der Waals surface area contributed by atoms with Gasteiger partial charge in [-0.05, 0) is 30.3 Å². The maximum absolute atomic E-state index is 15.3. The van der Waals surface area contributed by atoms with E-state index in [0.717, 1.165) is 18.2 Å². The number of anilines is 3. The maximum atomic E-state index is 15.3. The number of aromatic amines is 1. The van der Waals surface area contributed by atoms with Gasteiger partial charge in [0.1, 0.15) is 34.9 Å². The number of amides is 1. The Hall–Kier alpha value is -5.33. The number of hydrogen-bond donors (Lipinski definition) is 3. The van der Waals surface area contributed by atoms with Crippen molar-refractivity contribution in [2.45, 2.75) is 0 Å². The van der Waals surface area contributed by atoms with Crippen LogP contribution in [0.1, 0.15) is 10.4 Å². The molecule has 0 fully saturated rings. The Morgan fingerprint density at radius 2 is 1.89 bits per heavy atom. The summed E-state index contributed by atoms with van der Waals surface area (Å²) in [5.74, 6) is -2.76. The van der Waals surface area contributed by atoms with Crippen LogP contribution in [0.4, 0.5) is 31.7 Å². The fourth-order valence-corrected chi connectivity index (χ4v) is 3.49. The summed E-state index contributed by atoms with van der Waals surface area (Å²) in [6.45, 7) is 0. The number of halogens is 2. The topological polar surface area (TPSA) is 152 Å². The van der Waals surface area contributed by atoms with Gasteiger partial charge >= 0.3 is 0 Å². The second-order valence-corrected chi connectivity index (χ2v) is 7.39. The van der Waals surface area contributed by atoms with Gasteiger partial charge in [-0.3, -0.25) is 14.9 Å². The predicted octanol–water partition coefficient (Wildman–Crippen LogP) is 4.60. The van der Waals surface area contributed by atoms with Gasteiger partial charge in [-0.15, -0.1) is 0 Å². The molecule has 0 bridgehead atoms. The third-order valence-corrected chi connectivity index (χ3v) is 5.18. The molecule has 0 spiro atoms. The number of hydrogen-bond acceptors (Lipinski definition) is 8. The summed E-state index contributed by atoms with van der Waals surface area (Å²) in [6, 6.07) is 10.2. The quantitative estimate of drug-likeness (QED) is 0.232. The molecule has 0 saturated carbocycles. The number of aromatic nitrogens is 5. The van der Waals surface area contributed by atoms with E-state index in [0.29, 0.717) is 22.4 Å². The highest BCUT2D eigenvalue weighted by molar-refractivity contribution is 6.05. The fraction of sp³-hybridized carbons (Fsp3) is 0. The lowest BCUT2D eigenvalue weighted by Gasteiger charge is -2.14. The summed E-state index contributed by atoms with van der Waals surface area (Å²) < 4.78 is 30.0. The van der Waals surface area contributed by atoms with Gasteiger partial charge in [-0.25, -0.2) is 28.7 Å². The van der Waals surface area contributed by atoms with Crippen LogP contribution in [-0.2, 0) is 0 Å². The lowest BCUT2D eigenvalue weighted by Crippen LogP contribution is -2.14. The third kappa shape index (κ3) is 4.16. The van der Waals surface area contributed by atoms with Crippen molar-refractivity contribution in [3.63, 3.8) is 0 Å². The largest absolute Gasteiger partial charge is 0.335 e. The Morgan fingerprint density at radius 3 is 2.72 bits per heavy atom. The number of nitrogens with one attached hydrogen (secondary N) is 3. The van der Waals surface area contributed by atoms with E-state index in [9.17, 15) is 19.3 Å². The number of nitrogens with zero attached hydrogens (tertiary/aromatic N) is 5. The third-order valence-electron chi connectivity index (χ3n) is 5.18. The Morgan fingerprint density at radius 1 is 1.03 bits per heavy atom. The number of imidazole rings is 1. The van der Waals surface area contributed by atoms with E-state index in [-0.39, 0.29) is 22.8 Å². The number of nitro benzene ring substituents is 1. The molecule has 0 unspecified atom stereocenters. The summed E-state index contributed by atoms with van der Waals surface area (Å²) >= 11 is 0. The van der Waals surface area contributed by atoms with Crippen molar-refractivity contribution >= 4 is 40.0 Å². The molecule has 0 aliphatic rings. The van der Waals surface area contributed by atoms with E-state index in [4.69, 9.17) is 0 Å². The van der Waals surface area contributed by atoms with Crippen LogP contribution in [-0.4, -0.2) is 35.8 Å². The number of pyridine rings is 1. The van der Waals surface area contributed by atoms with Gasteiger partial charge in [0.05, 0.1) is 16.9 Å². The average molecular weight is 488 g/mol. The minimum absolute atomic E-state index is 0.0683. The highest BCUT2D eigenvalue weighted by Crippen LogP contribution is 2.34. The lowest BCUT2D eigenvalue weighted by molar-refractivity contribution is -0.384. The first kappa shape index (κ1) is 22.5. The van der Waals surface area contributed by atoms with E-state index in [1.54, 1.807) is 12.1 Å². The minimum atomic E-state index is -1.10. The van der Waals surface area contributed by atoms with Crippen molar-refractivity contribution in [3.05, 3.63) is 94.7 Å². The molecule has 5 rings (SSSR count). The number of non-ortho nitro benzene ring substituents is 1. The molecule has 0 aliphatic heterocycles. The minimum Gasteiger partial charge on any atom is -0.335 e. The van der Waals surface area contributed by atoms with Crippen molar-refractivity contribution < 1.29 is 18.5 Å². The molecule has 2 aromatic carbocycles. The summed E-state index contributed by atoms with van der Waals surface area (Å²) in [5, 5.41) is 15.9. The molecule has 11 nitrogen and oxygen atoms in total. The van der Waals surface area contributed by atoms with Gasteiger partial charge in [0, 0.05) is 29.5 Å². The van der Waals surface area contributed by atoms with Gasteiger partial charge < -0.3 is 15.6 Å². The second kappa shape index (κ2) is 9.13. The molecule has 36 heavy (non-hydrogen) atoms. The number of nitro groups is 1. The molecule has 0 radical (unpaired) electrons. The fourth-order valence-electron chi connectivity index (χ4n) is 3.49. The zero-order valence-corrected chi connectivity index (χ0v) is 18.1. The van der Waals surface area contributed by atoms with Crippen molar-refractivity contribution in [3.8, 4) is 11.3 Å². The first-order valence-corrected chi connectivity index (χ1v) is 10.3. The highest BCUT2D eigenvalue weighted by Gasteiger charge is 2.20.